The molecule has 0 fully saturated rings. The van der Waals surface area contributed by atoms with E-state index >= 15 is 0 Å². The first-order valence-electron chi connectivity index (χ1n) is 3.37. The Hall–Kier alpha value is -0.950. The second kappa shape index (κ2) is 3.44. The molecular formula is C9H10ClN. The van der Waals surface area contributed by atoms with Gasteiger partial charge in [0.05, 0.1) is 10.7 Å². The minimum absolute atomic E-state index is 0.727. The molecule has 2 heteroatoms. The summed E-state index contributed by atoms with van der Waals surface area (Å²) in [6.45, 7) is 3.65. The van der Waals surface area contributed by atoms with Gasteiger partial charge in [0.2, 0.25) is 0 Å². The Morgan fingerprint density at radius 1 is 1.55 bits per heavy atom. The van der Waals surface area contributed by atoms with E-state index in [1.165, 1.54) is 0 Å². The van der Waals surface area contributed by atoms with Crippen LogP contribution in [0.1, 0.15) is 5.56 Å². The Morgan fingerprint density at radius 3 is 2.73 bits per heavy atom. The molecule has 0 saturated heterocycles. The van der Waals surface area contributed by atoms with E-state index in [4.69, 9.17) is 11.6 Å². The van der Waals surface area contributed by atoms with Crippen LogP contribution in [-0.4, -0.2) is 7.05 Å². The monoisotopic (exact) mass is 167 g/mol. The average molecular weight is 168 g/mol. The van der Waals surface area contributed by atoms with Crippen molar-refractivity contribution < 1.29 is 0 Å². The molecule has 0 aliphatic rings. The Bertz CT molecular complexity index is 268. The lowest BCUT2D eigenvalue weighted by Gasteiger charge is -2.02. The van der Waals surface area contributed by atoms with Crippen molar-refractivity contribution in [3.8, 4) is 0 Å². The van der Waals surface area contributed by atoms with Gasteiger partial charge >= 0.3 is 0 Å². The normalized spacial score (nSPS) is 9.27. The van der Waals surface area contributed by atoms with E-state index < -0.39 is 0 Å². The molecule has 1 N–H and O–H groups in total. The van der Waals surface area contributed by atoms with Crippen molar-refractivity contribution in [1.82, 2.24) is 0 Å². The van der Waals surface area contributed by atoms with Crippen LogP contribution in [-0.2, 0) is 0 Å². The first-order chi connectivity index (χ1) is 5.27. The highest BCUT2D eigenvalue weighted by atomic mass is 35.5. The molecule has 0 radical (unpaired) electrons. The molecule has 0 spiro atoms. The maximum absolute atomic E-state index is 5.90. The zero-order valence-corrected chi connectivity index (χ0v) is 7.15. The van der Waals surface area contributed by atoms with E-state index in [0.29, 0.717) is 0 Å². The van der Waals surface area contributed by atoms with E-state index in [2.05, 4.69) is 11.9 Å². The number of benzene rings is 1. The van der Waals surface area contributed by atoms with Crippen LogP contribution < -0.4 is 5.32 Å². The average Bonchev–Trinajstić information content (AvgIpc) is 2.04. The zero-order valence-electron chi connectivity index (χ0n) is 6.39. The number of hydrogen-bond acceptors (Lipinski definition) is 1. The first kappa shape index (κ1) is 8.15. The third-order valence-electron chi connectivity index (χ3n) is 1.50. The van der Waals surface area contributed by atoms with Crippen molar-refractivity contribution in [1.29, 1.82) is 0 Å². The van der Waals surface area contributed by atoms with Gasteiger partial charge in [0.25, 0.3) is 0 Å². The van der Waals surface area contributed by atoms with Gasteiger partial charge in [-0.15, -0.1) is 0 Å². The summed E-state index contributed by atoms with van der Waals surface area (Å²) in [5.74, 6) is 0. The molecular weight excluding hydrogens is 158 g/mol. The molecule has 11 heavy (non-hydrogen) atoms. The van der Waals surface area contributed by atoms with Gasteiger partial charge in [-0.1, -0.05) is 30.3 Å². The van der Waals surface area contributed by atoms with Crippen LogP contribution in [0.3, 0.4) is 0 Å². The van der Waals surface area contributed by atoms with Crippen LogP contribution in [0.25, 0.3) is 6.08 Å². The standard InChI is InChI=1S/C9H10ClN/c1-3-7-4-5-9(11-2)8(10)6-7/h3-6,11H,1H2,2H3. The minimum Gasteiger partial charge on any atom is -0.387 e. The molecule has 1 nitrogen and oxygen atoms in total. The Labute approximate surface area is 71.7 Å². The fourth-order valence-electron chi connectivity index (χ4n) is 0.861. The predicted octanol–water partition coefficient (Wildman–Crippen LogP) is 3.02. The van der Waals surface area contributed by atoms with Gasteiger partial charge in [-0.2, -0.15) is 0 Å². The summed E-state index contributed by atoms with van der Waals surface area (Å²) in [6, 6.07) is 5.77. The van der Waals surface area contributed by atoms with Crippen molar-refractivity contribution in [3.05, 3.63) is 35.4 Å². The molecule has 0 unspecified atom stereocenters. The molecule has 0 aliphatic heterocycles. The molecule has 0 aliphatic carbocycles. The Morgan fingerprint density at radius 2 is 2.27 bits per heavy atom. The second-order valence-corrected chi connectivity index (χ2v) is 2.60. The van der Waals surface area contributed by atoms with E-state index in [1.807, 2.05) is 25.2 Å². The van der Waals surface area contributed by atoms with Crippen LogP contribution in [0.15, 0.2) is 24.8 Å². The molecule has 58 valence electrons. The molecule has 1 aromatic rings. The molecule has 0 bridgehead atoms. The van der Waals surface area contributed by atoms with Gasteiger partial charge in [0, 0.05) is 7.05 Å². The number of nitrogens with one attached hydrogen (secondary N) is 1. The maximum atomic E-state index is 5.90. The molecule has 1 aromatic carbocycles. The Balaban J connectivity index is 3.09. The van der Waals surface area contributed by atoms with Crippen molar-refractivity contribution >= 4 is 23.4 Å². The topological polar surface area (TPSA) is 12.0 Å². The molecule has 0 amide bonds. The third-order valence-corrected chi connectivity index (χ3v) is 1.81. The smallest absolute Gasteiger partial charge is 0.0643 e. The van der Waals surface area contributed by atoms with Gasteiger partial charge in [-0.25, -0.2) is 0 Å². The third kappa shape index (κ3) is 1.75. The Kier molecular flexibility index (Phi) is 2.55. The first-order valence-corrected chi connectivity index (χ1v) is 3.75. The summed E-state index contributed by atoms with van der Waals surface area (Å²) in [5, 5.41) is 3.71. The highest BCUT2D eigenvalue weighted by Gasteiger charge is 1.96. The SMILES string of the molecule is C=Cc1ccc(NC)c(Cl)c1. The summed E-state index contributed by atoms with van der Waals surface area (Å²) in [7, 11) is 1.84. The van der Waals surface area contributed by atoms with Crippen molar-refractivity contribution in [3.63, 3.8) is 0 Å². The molecule has 1 rings (SSSR count). The van der Waals surface area contributed by atoms with Crippen molar-refractivity contribution in [2.24, 2.45) is 0 Å². The fourth-order valence-corrected chi connectivity index (χ4v) is 1.14. The van der Waals surface area contributed by atoms with Crippen LogP contribution in [0, 0.1) is 0 Å². The van der Waals surface area contributed by atoms with Crippen LogP contribution in [0.4, 0.5) is 5.69 Å². The van der Waals surface area contributed by atoms with E-state index in [9.17, 15) is 0 Å². The second-order valence-electron chi connectivity index (χ2n) is 2.19. The molecule has 0 saturated carbocycles. The highest BCUT2D eigenvalue weighted by molar-refractivity contribution is 6.33. The summed E-state index contributed by atoms with van der Waals surface area (Å²) in [4.78, 5) is 0. The van der Waals surface area contributed by atoms with Crippen LogP contribution >= 0.6 is 11.6 Å². The quantitative estimate of drug-likeness (QED) is 0.714. The van der Waals surface area contributed by atoms with Gasteiger partial charge < -0.3 is 5.32 Å². The van der Waals surface area contributed by atoms with Gasteiger partial charge in [0.15, 0.2) is 0 Å². The van der Waals surface area contributed by atoms with Crippen molar-refractivity contribution in [2.75, 3.05) is 12.4 Å². The van der Waals surface area contributed by atoms with Crippen LogP contribution in [0.2, 0.25) is 5.02 Å². The van der Waals surface area contributed by atoms with E-state index in [-0.39, 0.29) is 0 Å². The molecule has 0 aromatic heterocycles. The maximum Gasteiger partial charge on any atom is 0.0643 e. The highest BCUT2D eigenvalue weighted by Crippen LogP contribution is 2.22. The predicted molar refractivity (Wildman–Crippen MR) is 51.1 cm³/mol. The largest absolute Gasteiger partial charge is 0.387 e. The summed E-state index contributed by atoms with van der Waals surface area (Å²) in [5.41, 5.74) is 1.98. The minimum atomic E-state index is 0.727. The fraction of sp³-hybridized carbons (Fsp3) is 0.111. The van der Waals surface area contributed by atoms with E-state index in [1.54, 1.807) is 6.08 Å². The lowest BCUT2D eigenvalue weighted by Crippen LogP contribution is -1.88. The summed E-state index contributed by atoms with van der Waals surface area (Å²) >= 11 is 5.90. The number of rotatable bonds is 2. The van der Waals surface area contributed by atoms with Crippen LogP contribution in [0.5, 0.6) is 0 Å². The number of halogens is 1. The lowest BCUT2D eigenvalue weighted by atomic mass is 10.2. The number of anilines is 1. The van der Waals surface area contributed by atoms with Gasteiger partial charge in [-0.3, -0.25) is 0 Å². The van der Waals surface area contributed by atoms with E-state index in [0.717, 1.165) is 16.3 Å². The molecule has 0 heterocycles. The summed E-state index contributed by atoms with van der Waals surface area (Å²) in [6.07, 6.45) is 1.77. The molecule has 0 atom stereocenters. The zero-order chi connectivity index (χ0) is 8.27. The summed E-state index contributed by atoms with van der Waals surface area (Å²) < 4.78 is 0. The lowest BCUT2D eigenvalue weighted by molar-refractivity contribution is 1.50. The van der Waals surface area contributed by atoms with Gasteiger partial charge in [-0.05, 0) is 17.7 Å². The number of hydrogen-bond donors (Lipinski definition) is 1. The van der Waals surface area contributed by atoms with Crippen molar-refractivity contribution in [2.45, 2.75) is 0 Å². The van der Waals surface area contributed by atoms with Gasteiger partial charge in [0.1, 0.15) is 0 Å².